The molecule has 5 heteroatoms. The highest BCUT2D eigenvalue weighted by Gasteiger charge is 2.12. The third-order valence-corrected chi connectivity index (χ3v) is 4.14. The van der Waals surface area contributed by atoms with E-state index in [1.807, 2.05) is 60.8 Å². The number of hydrogen-bond donors (Lipinski definition) is 1. The van der Waals surface area contributed by atoms with Crippen LogP contribution in [0.5, 0.6) is 5.75 Å². The summed E-state index contributed by atoms with van der Waals surface area (Å²) in [7, 11) is 0. The van der Waals surface area contributed by atoms with E-state index in [1.54, 1.807) is 0 Å². The van der Waals surface area contributed by atoms with Crippen molar-refractivity contribution in [3.05, 3.63) is 70.6 Å². The van der Waals surface area contributed by atoms with Gasteiger partial charge in [-0.05, 0) is 29.3 Å². The molecule has 0 bridgehead atoms. The molecule has 2 aromatic rings. The molecule has 2 aromatic carbocycles. The Balaban J connectivity index is 1.63. The van der Waals surface area contributed by atoms with Gasteiger partial charge in [-0.3, -0.25) is 10.3 Å². The number of amidine groups is 1. The maximum Gasteiger partial charge on any atom is 0.183 e. The number of ether oxygens (including phenoxy) is 1. The third kappa shape index (κ3) is 4.38. The number of nitriles is 1. The van der Waals surface area contributed by atoms with Gasteiger partial charge < -0.3 is 4.74 Å². The lowest BCUT2D eigenvalue weighted by atomic mass is 10.2. The highest BCUT2D eigenvalue weighted by molar-refractivity contribution is 8.17. The Morgan fingerprint density at radius 3 is 2.91 bits per heavy atom. The first kappa shape index (κ1) is 15.2. The van der Waals surface area contributed by atoms with Crippen LogP contribution in [0.4, 0.5) is 0 Å². The maximum absolute atomic E-state index is 8.60. The first-order valence-corrected chi connectivity index (χ1v) is 8.00. The zero-order chi connectivity index (χ0) is 15.9. The number of nitrogens with one attached hydrogen (secondary N) is 1. The quantitative estimate of drug-likeness (QED) is 0.688. The van der Waals surface area contributed by atoms with Crippen molar-refractivity contribution in [1.29, 1.82) is 5.26 Å². The fourth-order valence-corrected chi connectivity index (χ4v) is 2.95. The first-order valence-electron chi connectivity index (χ1n) is 7.18. The molecule has 114 valence electrons. The van der Waals surface area contributed by atoms with E-state index in [0.29, 0.717) is 18.3 Å². The Morgan fingerprint density at radius 1 is 1.22 bits per heavy atom. The number of aliphatic imine (C=N–C) groups is 1. The van der Waals surface area contributed by atoms with Crippen LogP contribution in [0, 0.1) is 11.5 Å². The fourth-order valence-electron chi connectivity index (χ4n) is 2.15. The second-order valence-corrected chi connectivity index (χ2v) is 6.03. The molecule has 0 atom stereocenters. The van der Waals surface area contributed by atoms with Gasteiger partial charge in [0.25, 0.3) is 0 Å². The van der Waals surface area contributed by atoms with Crippen LogP contribution in [0.25, 0.3) is 6.08 Å². The maximum atomic E-state index is 8.60. The van der Waals surface area contributed by atoms with Crippen molar-refractivity contribution in [2.24, 2.45) is 4.99 Å². The average Bonchev–Trinajstić information content (AvgIpc) is 3.02. The predicted molar refractivity (Wildman–Crippen MR) is 93.8 cm³/mol. The van der Waals surface area contributed by atoms with Gasteiger partial charge in [0.1, 0.15) is 12.4 Å². The zero-order valence-electron chi connectivity index (χ0n) is 12.4. The molecule has 1 heterocycles. The molecule has 23 heavy (non-hydrogen) atoms. The van der Waals surface area contributed by atoms with Crippen molar-refractivity contribution in [3.63, 3.8) is 0 Å². The molecule has 1 aliphatic heterocycles. The van der Waals surface area contributed by atoms with E-state index in [-0.39, 0.29) is 0 Å². The van der Waals surface area contributed by atoms with E-state index in [0.717, 1.165) is 21.8 Å². The Kier molecular flexibility index (Phi) is 4.97. The van der Waals surface area contributed by atoms with E-state index in [9.17, 15) is 0 Å². The van der Waals surface area contributed by atoms with Crippen LogP contribution >= 0.6 is 11.8 Å². The molecule has 0 saturated heterocycles. The van der Waals surface area contributed by atoms with Crippen LogP contribution in [0.15, 0.2) is 64.5 Å². The van der Waals surface area contributed by atoms with Gasteiger partial charge in [0.2, 0.25) is 0 Å². The molecular weight excluding hydrogens is 306 g/mol. The number of benzene rings is 2. The number of rotatable bonds is 4. The zero-order valence-corrected chi connectivity index (χ0v) is 13.2. The van der Waals surface area contributed by atoms with Crippen LogP contribution < -0.4 is 10.1 Å². The molecule has 0 unspecified atom stereocenters. The molecule has 0 amide bonds. The van der Waals surface area contributed by atoms with E-state index in [1.165, 1.54) is 11.8 Å². The van der Waals surface area contributed by atoms with Gasteiger partial charge in [-0.2, -0.15) is 5.26 Å². The molecule has 0 aromatic heterocycles. The van der Waals surface area contributed by atoms with Gasteiger partial charge in [-0.25, -0.2) is 0 Å². The number of hydrogen-bond acceptors (Lipinski definition) is 5. The Labute approximate surface area is 139 Å². The molecular formula is C18H15N3OS. The van der Waals surface area contributed by atoms with E-state index < -0.39 is 0 Å². The van der Waals surface area contributed by atoms with Crippen molar-refractivity contribution in [2.75, 3.05) is 6.54 Å². The summed E-state index contributed by atoms with van der Waals surface area (Å²) in [4.78, 5) is 5.35. The molecule has 0 radical (unpaired) electrons. The largest absolute Gasteiger partial charge is 0.489 e. The van der Waals surface area contributed by atoms with Gasteiger partial charge >= 0.3 is 0 Å². The minimum absolute atomic E-state index is 0.551. The molecule has 0 saturated carbocycles. The minimum Gasteiger partial charge on any atom is -0.489 e. The number of nitrogens with zero attached hydrogens (tertiary/aromatic N) is 2. The highest BCUT2D eigenvalue weighted by atomic mass is 32.2. The molecule has 1 N–H and O–H groups in total. The topological polar surface area (TPSA) is 57.4 Å². The van der Waals surface area contributed by atoms with E-state index in [4.69, 9.17) is 10.00 Å². The molecule has 0 aliphatic carbocycles. The summed E-state index contributed by atoms with van der Waals surface area (Å²) in [5, 5.41) is 11.8. The van der Waals surface area contributed by atoms with Crippen molar-refractivity contribution >= 4 is 23.0 Å². The van der Waals surface area contributed by atoms with Gasteiger partial charge in [-0.15, -0.1) is 0 Å². The summed E-state index contributed by atoms with van der Waals surface area (Å²) in [6.45, 7) is 1.15. The second-order valence-electron chi connectivity index (χ2n) is 4.92. The van der Waals surface area contributed by atoms with Gasteiger partial charge in [-0.1, -0.05) is 54.2 Å². The lowest BCUT2D eigenvalue weighted by Crippen LogP contribution is -2.10. The lowest BCUT2D eigenvalue weighted by Gasteiger charge is -2.07. The van der Waals surface area contributed by atoms with Crippen molar-refractivity contribution in [3.8, 4) is 11.9 Å². The fraction of sp³-hybridized carbons (Fsp3) is 0.111. The van der Waals surface area contributed by atoms with Crippen molar-refractivity contribution < 1.29 is 4.74 Å². The molecule has 3 rings (SSSR count). The second kappa shape index (κ2) is 7.52. The Morgan fingerprint density at radius 2 is 2.09 bits per heavy atom. The summed E-state index contributed by atoms with van der Waals surface area (Å²) in [6, 6.07) is 18.0. The SMILES string of the molecule is N#CNC1=NCC(=Cc2cccc(OCc3ccccc3)c2)S1. The molecule has 4 nitrogen and oxygen atoms in total. The van der Waals surface area contributed by atoms with Crippen molar-refractivity contribution in [2.45, 2.75) is 6.61 Å². The highest BCUT2D eigenvalue weighted by Crippen LogP contribution is 2.27. The first-order chi connectivity index (χ1) is 11.3. The van der Waals surface area contributed by atoms with Crippen molar-refractivity contribution in [1.82, 2.24) is 5.32 Å². The predicted octanol–water partition coefficient (Wildman–Crippen LogP) is 3.78. The summed E-state index contributed by atoms with van der Waals surface area (Å²) < 4.78 is 5.84. The standard InChI is InChI=1S/C18H15N3OS/c19-13-21-18-20-11-17(23-18)10-15-7-4-8-16(9-15)22-12-14-5-2-1-3-6-14/h1-10H,11-12H2,(H,20,21). The van der Waals surface area contributed by atoms with Crippen LogP contribution in [-0.4, -0.2) is 11.7 Å². The van der Waals surface area contributed by atoms with E-state index in [2.05, 4.69) is 16.4 Å². The van der Waals surface area contributed by atoms with Crippen LogP contribution in [0.2, 0.25) is 0 Å². The van der Waals surface area contributed by atoms with Crippen LogP contribution in [-0.2, 0) is 6.61 Å². The normalized spacial score (nSPS) is 15.1. The third-order valence-electron chi connectivity index (χ3n) is 3.20. The summed E-state index contributed by atoms with van der Waals surface area (Å²) >= 11 is 1.48. The summed E-state index contributed by atoms with van der Waals surface area (Å²) in [6.07, 6.45) is 3.95. The van der Waals surface area contributed by atoms with Crippen LogP contribution in [0.1, 0.15) is 11.1 Å². The summed E-state index contributed by atoms with van der Waals surface area (Å²) in [5.74, 6) is 0.836. The van der Waals surface area contributed by atoms with Crippen LogP contribution in [0.3, 0.4) is 0 Å². The molecule has 0 fully saturated rings. The van der Waals surface area contributed by atoms with Gasteiger partial charge in [0.05, 0.1) is 6.54 Å². The minimum atomic E-state index is 0.551. The summed E-state index contributed by atoms with van der Waals surface area (Å²) in [5.41, 5.74) is 2.20. The monoisotopic (exact) mass is 321 g/mol. The van der Waals surface area contributed by atoms with Gasteiger partial charge in [0.15, 0.2) is 11.4 Å². The number of thioether (sulfide) groups is 1. The Hall–Kier alpha value is -2.71. The molecule has 1 aliphatic rings. The molecule has 0 spiro atoms. The van der Waals surface area contributed by atoms with E-state index >= 15 is 0 Å². The Bertz CT molecular complexity index is 778. The lowest BCUT2D eigenvalue weighted by molar-refractivity contribution is 0.306. The smallest absolute Gasteiger partial charge is 0.183 e. The average molecular weight is 321 g/mol. The van der Waals surface area contributed by atoms with Gasteiger partial charge in [0, 0.05) is 4.91 Å².